The third-order valence-electron chi connectivity index (χ3n) is 4.76. The Morgan fingerprint density at radius 2 is 1.85 bits per heavy atom. The van der Waals surface area contributed by atoms with Crippen molar-refractivity contribution in [2.75, 3.05) is 23.5 Å². The Kier molecular flexibility index (Phi) is 4.88. The van der Waals surface area contributed by atoms with Gasteiger partial charge in [0.15, 0.2) is 9.84 Å². The van der Waals surface area contributed by atoms with Crippen LogP contribution in [-0.4, -0.2) is 55.5 Å². The van der Waals surface area contributed by atoms with Gasteiger partial charge in [0.1, 0.15) is 5.71 Å². The van der Waals surface area contributed by atoms with Gasteiger partial charge in [-0.2, -0.15) is 5.10 Å². The highest BCUT2D eigenvalue weighted by Crippen LogP contribution is 2.24. The molecule has 0 unspecified atom stereocenters. The van der Waals surface area contributed by atoms with Gasteiger partial charge < -0.3 is 4.90 Å². The first-order valence-electron chi connectivity index (χ1n) is 8.62. The van der Waals surface area contributed by atoms with Crippen LogP contribution in [0, 0.1) is 13.8 Å². The fourth-order valence-corrected chi connectivity index (χ4v) is 5.13. The number of hydrogen-bond acceptors (Lipinski definition) is 5. The lowest BCUT2D eigenvalue weighted by Gasteiger charge is -2.29. The number of sulfone groups is 1. The summed E-state index contributed by atoms with van der Waals surface area (Å²) in [5, 5.41) is 5.47. The Labute approximate surface area is 153 Å². The van der Waals surface area contributed by atoms with E-state index in [2.05, 4.69) is 5.10 Å². The maximum atomic E-state index is 12.9. The van der Waals surface area contributed by atoms with E-state index in [9.17, 15) is 18.0 Å². The molecular weight excluding hydrogens is 354 g/mol. The quantitative estimate of drug-likeness (QED) is 0.797. The molecule has 3 rings (SSSR count). The minimum atomic E-state index is -3.13. The van der Waals surface area contributed by atoms with Crippen LogP contribution >= 0.6 is 0 Å². The smallest absolute Gasteiger partial charge is 0.274 e. The molecule has 2 aliphatic rings. The molecule has 1 atom stereocenters. The molecule has 1 aromatic carbocycles. The predicted octanol–water partition coefficient (Wildman–Crippen LogP) is 1.43. The van der Waals surface area contributed by atoms with Gasteiger partial charge in [0.05, 0.1) is 17.5 Å². The molecule has 1 saturated heterocycles. The monoisotopic (exact) mass is 377 g/mol. The molecule has 140 valence electrons. The molecule has 0 spiro atoms. The van der Waals surface area contributed by atoms with E-state index < -0.39 is 15.9 Å². The van der Waals surface area contributed by atoms with Gasteiger partial charge in [0.2, 0.25) is 5.91 Å². The second kappa shape index (κ2) is 6.83. The van der Waals surface area contributed by atoms with Crippen molar-refractivity contribution in [2.24, 2.45) is 5.10 Å². The normalized spacial score (nSPS) is 22.3. The summed E-state index contributed by atoms with van der Waals surface area (Å²) in [6.07, 6.45) is 0.802. The molecular formula is C18H23N3O4S. The summed E-state index contributed by atoms with van der Waals surface area (Å²) in [4.78, 5) is 26.6. The molecule has 7 nitrogen and oxygen atoms in total. The number of rotatable bonds is 3. The number of carbonyl (C=O) groups is 2. The number of nitrogens with zero attached hydrogens (tertiary/aromatic N) is 3. The summed E-state index contributed by atoms with van der Waals surface area (Å²) in [6, 6.07) is 5.39. The summed E-state index contributed by atoms with van der Waals surface area (Å²) in [7, 11) is -1.45. The van der Waals surface area contributed by atoms with E-state index in [0.717, 1.165) is 16.8 Å². The molecule has 26 heavy (non-hydrogen) atoms. The molecule has 1 fully saturated rings. The van der Waals surface area contributed by atoms with E-state index in [4.69, 9.17) is 0 Å². The van der Waals surface area contributed by atoms with Gasteiger partial charge >= 0.3 is 0 Å². The van der Waals surface area contributed by atoms with Crippen LogP contribution < -0.4 is 4.90 Å². The van der Waals surface area contributed by atoms with Gasteiger partial charge in [0, 0.05) is 25.6 Å². The van der Waals surface area contributed by atoms with Crippen molar-refractivity contribution in [1.82, 2.24) is 5.01 Å². The van der Waals surface area contributed by atoms with Crippen LogP contribution in [0.3, 0.4) is 0 Å². The maximum Gasteiger partial charge on any atom is 0.274 e. The Bertz CT molecular complexity index is 871. The summed E-state index contributed by atoms with van der Waals surface area (Å²) in [6.45, 7) is 3.93. The number of carbonyl (C=O) groups excluding carboxylic acids is 2. The first kappa shape index (κ1) is 18.6. The molecule has 0 bridgehead atoms. The van der Waals surface area contributed by atoms with Gasteiger partial charge in [-0.25, -0.2) is 13.4 Å². The van der Waals surface area contributed by atoms with Crippen molar-refractivity contribution in [3.8, 4) is 0 Å². The molecule has 0 N–H and O–H groups in total. The number of aryl methyl sites for hydroxylation is 2. The fraction of sp³-hybridized carbons (Fsp3) is 0.500. The standard InChI is InChI=1S/C18H23N3O4S/c1-12-8-13(2)10-15(9-12)20(3)18(23)16-4-5-17(22)21(19-16)14-6-7-26(24,25)11-14/h8-10,14H,4-7,11H2,1-3H3/t14-/m1/s1. The molecule has 1 aromatic rings. The lowest BCUT2D eigenvalue weighted by molar-refractivity contribution is -0.133. The Hall–Kier alpha value is -2.22. The molecule has 0 aromatic heterocycles. The average molecular weight is 377 g/mol. The third kappa shape index (κ3) is 3.80. The van der Waals surface area contributed by atoms with Crippen molar-refractivity contribution in [2.45, 2.75) is 39.2 Å². The molecule has 2 amide bonds. The summed E-state index contributed by atoms with van der Waals surface area (Å²) in [5.41, 5.74) is 3.16. The predicted molar refractivity (Wildman–Crippen MR) is 99.9 cm³/mol. The van der Waals surface area contributed by atoms with E-state index in [0.29, 0.717) is 6.42 Å². The Morgan fingerprint density at radius 1 is 1.19 bits per heavy atom. The van der Waals surface area contributed by atoms with Crippen LogP contribution in [0.1, 0.15) is 30.4 Å². The number of hydrogen-bond donors (Lipinski definition) is 0. The molecule has 2 heterocycles. The van der Waals surface area contributed by atoms with Crippen molar-refractivity contribution in [3.05, 3.63) is 29.3 Å². The average Bonchev–Trinajstić information content (AvgIpc) is 2.93. The maximum absolute atomic E-state index is 12.9. The highest BCUT2D eigenvalue weighted by Gasteiger charge is 2.37. The van der Waals surface area contributed by atoms with E-state index in [1.54, 1.807) is 7.05 Å². The zero-order valence-corrected chi connectivity index (χ0v) is 16.0. The van der Waals surface area contributed by atoms with Crippen LogP contribution in [0.25, 0.3) is 0 Å². The number of benzene rings is 1. The highest BCUT2D eigenvalue weighted by molar-refractivity contribution is 7.91. The first-order valence-corrected chi connectivity index (χ1v) is 10.4. The van der Waals surface area contributed by atoms with E-state index in [1.807, 2.05) is 32.0 Å². The van der Waals surface area contributed by atoms with Crippen LogP contribution in [0.2, 0.25) is 0 Å². The van der Waals surface area contributed by atoms with Crippen LogP contribution in [-0.2, 0) is 19.4 Å². The molecule has 8 heteroatoms. The van der Waals surface area contributed by atoms with E-state index in [-0.39, 0.29) is 41.9 Å². The summed E-state index contributed by atoms with van der Waals surface area (Å²) in [5.74, 6) is -0.523. The molecule has 0 saturated carbocycles. The van der Waals surface area contributed by atoms with Crippen LogP contribution in [0.15, 0.2) is 23.3 Å². The first-order chi connectivity index (χ1) is 12.2. The molecule has 0 aliphatic carbocycles. The molecule has 2 aliphatic heterocycles. The topological polar surface area (TPSA) is 87.1 Å². The fourth-order valence-electron chi connectivity index (χ4n) is 3.43. The largest absolute Gasteiger partial charge is 0.310 e. The highest BCUT2D eigenvalue weighted by atomic mass is 32.2. The van der Waals surface area contributed by atoms with Crippen molar-refractivity contribution < 1.29 is 18.0 Å². The van der Waals surface area contributed by atoms with Gasteiger partial charge in [-0.3, -0.25) is 9.59 Å². The number of hydrazone groups is 1. The minimum Gasteiger partial charge on any atom is -0.310 e. The second-order valence-electron chi connectivity index (χ2n) is 7.05. The van der Waals surface area contributed by atoms with Crippen molar-refractivity contribution >= 4 is 33.1 Å². The zero-order valence-electron chi connectivity index (χ0n) is 15.2. The van der Waals surface area contributed by atoms with Gasteiger partial charge in [0.25, 0.3) is 5.91 Å². The second-order valence-corrected chi connectivity index (χ2v) is 9.28. The minimum absolute atomic E-state index is 0.0583. The Morgan fingerprint density at radius 3 is 2.42 bits per heavy atom. The molecule has 0 radical (unpaired) electrons. The van der Waals surface area contributed by atoms with Crippen molar-refractivity contribution in [1.29, 1.82) is 0 Å². The SMILES string of the molecule is Cc1cc(C)cc(N(C)C(=O)C2=NN([C@@H]3CCS(=O)(=O)C3)C(=O)CC2)c1. The lowest BCUT2D eigenvalue weighted by Crippen LogP contribution is -2.44. The number of anilines is 1. The van der Waals surface area contributed by atoms with E-state index >= 15 is 0 Å². The van der Waals surface area contributed by atoms with Gasteiger partial charge in [-0.1, -0.05) is 6.07 Å². The number of amides is 2. The van der Waals surface area contributed by atoms with Gasteiger partial charge in [-0.05, 0) is 43.5 Å². The third-order valence-corrected chi connectivity index (χ3v) is 6.51. The van der Waals surface area contributed by atoms with Crippen LogP contribution in [0.4, 0.5) is 5.69 Å². The zero-order chi connectivity index (χ0) is 19.1. The van der Waals surface area contributed by atoms with E-state index in [1.165, 1.54) is 9.91 Å². The van der Waals surface area contributed by atoms with Crippen LogP contribution in [0.5, 0.6) is 0 Å². The van der Waals surface area contributed by atoms with Gasteiger partial charge in [-0.15, -0.1) is 0 Å². The Balaban J connectivity index is 1.84. The summed E-state index contributed by atoms with van der Waals surface area (Å²) < 4.78 is 23.4. The lowest BCUT2D eigenvalue weighted by atomic mass is 10.1. The van der Waals surface area contributed by atoms with Crippen molar-refractivity contribution in [3.63, 3.8) is 0 Å². The summed E-state index contributed by atoms with van der Waals surface area (Å²) >= 11 is 0.